The van der Waals surface area contributed by atoms with Crippen LogP contribution in [0.1, 0.15) is 18.5 Å². The molecule has 2 unspecified atom stereocenters. The van der Waals surface area contributed by atoms with E-state index >= 15 is 0 Å². The maximum absolute atomic E-state index is 10.8. The fourth-order valence-electron chi connectivity index (χ4n) is 1.48. The third-order valence-electron chi connectivity index (χ3n) is 2.41. The van der Waals surface area contributed by atoms with Crippen molar-refractivity contribution < 1.29 is 20.1 Å². The normalized spacial score (nSPS) is 14.2. The van der Waals surface area contributed by atoms with Gasteiger partial charge in [-0.25, -0.2) is 0 Å². The third-order valence-corrected chi connectivity index (χ3v) is 2.77. The number of thiol groups is 1. The molecule has 1 aromatic rings. The van der Waals surface area contributed by atoms with Crippen LogP contribution in [0.2, 0.25) is 0 Å². The Bertz CT molecular complexity index is 410. The molecule has 0 aliphatic heterocycles. The molecular formula is C11H15NO4S. The van der Waals surface area contributed by atoms with E-state index < -0.39 is 18.1 Å². The van der Waals surface area contributed by atoms with Gasteiger partial charge in [-0.3, -0.25) is 10.1 Å². The lowest BCUT2D eigenvalue weighted by Crippen LogP contribution is -2.39. The van der Waals surface area contributed by atoms with Gasteiger partial charge in [-0.05, 0) is 25.1 Å². The molecule has 0 bridgehead atoms. The van der Waals surface area contributed by atoms with Crippen molar-refractivity contribution >= 4 is 18.6 Å². The smallest absolute Gasteiger partial charge is 0.321 e. The first-order chi connectivity index (χ1) is 7.95. The highest BCUT2D eigenvalue weighted by molar-refractivity contribution is 7.80. The topological polar surface area (TPSA) is 89.8 Å². The summed E-state index contributed by atoms with van der Waals surface area (Å²) < 4.78 is 0. The van der Waals surface area contributed by atoms with Crippen LogP contribution in [-0.4, -0.2) is 33.1 Å². The molecule has 0 fully saturated rings. The van der Waals surface area contributed by atoms with Gasteiger partial charge in [0.25, 0.3) is 0 Å². The predicted octanol–water partition coefficient (Wildman–Crippen LogP) is 1.13. The number of carbonyl (C=O) groups is 1. The highest BCUT2D eigenvalue weighted by atomic mass is 32.1. The highest BCUT2D eigenvalue weighted by Crippen LogP contribution is 2.27. The molecule has 0 amide bonds. The number of hydrogen-bond donors (Lipinski definition) is 5. The summed E-state index contributed by atoms with van der Waals surface area (Å²) in [4.78, 5) is 10.8. The number of phenols is 2. The van der Waals surface area contributed by atoms with Gasteiger partial charge < -0.3 is 15.3 Å². The van der Waals surface area contributed by atoms with Crippen LogP contribution in [0.4, 0.5) is 0 Å². The number of phenolic OH excluding ortho intramolecular Hbond substituents is 2. The van der Waals surface area contributed by atoms with E-state index in [1.807, 2.05) is 0 Å². The molecule has 0 saturated heterocycles. The van der Waals surface area contributed by atoms with Gasteiger partial charge in [0.1, 0.15) is 17.5 Å². The van der Waals surface area contributed by atoms with Gasteiger partial charge in [-0.2, -0.15) is 12.6 Å². The zero-order chi connectivity index (χ0) is 13.0. The van der Waals surface area contributed by atoms with Crippen molar-refractivity contribution in [1.82, 2.24) is 5.32 Å². The maximum Gasteiger partial charge on any atom is 0.321 e. The predicted molar refractivity (Wildman–Crippen MR) is 66.6 cm³/mol. The molecule has 1 aromatic carbocycles. The molecular weight excluding hydrogens is 242 g/mol. The number of carboxylic acid groups (broad SMARTS) is 1. The lowest BCUT2D eigenvalue weighted by atomic mass is 10.1. The number of aromatic hydroxyl groups is 2. The Morgan fingerprint density at radius 1 is 1.47 bits per heavy atom. The minimum absolute atomic E-state index is 0.00565. The first-order valence-electron chi connectivity index (χ1n) is 5.07. The van der Waals surface area contributed by atoms with Gasteiger partial charge in [0, 0.05) is 17.4 Å². The van der Waals surface area contributed by atoms with Crippen LogP contribution in [0.25, 0.3) is 0 Å². The van der Waals surface area contributed by atoms with E-state index in [0.717, 1.165) is 0 Å². The molecule has 0 aliphatic carbocycles. The summed E-state index contributed by atoms with van der Waals surface area (Å²) in [6.45, 7) is 1.70. The number of hydrogen-bond acceptors (Lipinski definition) is 5. The molecule has 1 rings (SSSR count). The first kappa shape index (κ1) is 13.7. The molecule has 0 spiro atoms. The van der Waals surface area contributed by atoms with Gasteiger partial charge in [0.05, 0.1) is 0 Å². The second-order valence-corrected chi connectivity index (χ2v) is 4.07. The molecule has 0 aromatic heterocycles. The van der Waals surface area contributed by atoms with Gasteiger partial charge in [-0.15, -0.1) is 0 Å². The maximum atomic E-state index is 10.8. The van der Waals surface area contributed by atoms with Crippen LogP contribution in [-0.2, 0) is 4.79 Å². The zero-order valence-electron chi connectivity index (χ0n) is 9.29. The van der Waals surface area contributed by atoms with Crippen molar-refractivity contribution in [3.05, 3.63) is 23.8 Å². The van der Waals surface area contributed by atoms with E-state index in [4.69, 9.17) is 5.11 Å². The molecule has 0 aliphatic rings. The van der Waals surface area contributed by atoms with Crippen molar-refractivity contribution in [3.63, 3.8) is 0 Å². The van der Waals surface area contributed by atoms with Gasteiger partial charge in [0.15, 0.2) is 0 Å². The summed E-state index contributed by atoms with van der Waals surface area (Å²) in [7, 11) is 0. The Hall–Kier alpha value is -1.40. The zero-order valence-corrected chi connectivity index (χ0v) is 10.2. The highest BCUT2D eigenvalue weighted by Gasteiger charge is 2.20. The van der Waals surface area contributed by atoms with Crippen LogP contribution in [0.15, 0.2) is 18.2 Å². The van der Waals surface area contributed by atoms with E-state index in [-0.39, 0.29) is 17.3 Å². The number of rotatable bonds is 5. The average Bonchev–Trinajstić information content (AvgIpc) is 2.28. The van der Waals surface area contributed by atoms with Crippen molar-refractivity contribution in [2.24, 2.45) is 0 Å². The SMILES string of the molecule is CC(NC(CS)C(=O)O)c1cc(O)ccc1O. The summed E-state index contributed by atoms with van der Waals surface area (Å²) in [5.74, 6) is -0.846. The van der Waals surface area contributed by atoms with Crippen molar-refractivity contribution in [2.75, 3.05) is 5.75 Å². The monoisotopic (exact) mass is 257 g/mol. The lowest BCUT2D eigenvalue weighted by molar-refractivity contribution is -0.139. The van der Waals surface area contributed by atoms with Crippen LogP contribution in [0.5, 0.6) is 11.5 Å². The summed E-state index contributed by atoms with van der Waals surface area (Å²) in [6, 6.07) is 2.90. The Morgan fingerprint density at radius 3 is 2.65 bits per heavy atom. The summed E-state index contributed by atoms with van der Waals surface area (Å²) in [5, 5.41) is 30.6. The quantitative estimate of drug-likeness (QED) is 0.403. The molecule has 0 heterocycles. The molecule has 4 N–H and O–H groups in total. The van der Waals surface area contributed by atoms with Crippen LogP contribution >= 0.6 is 12.6 Å². The number of aliphatic carboxylic acids is 1. The second kappa shape index (κ2) is 5.79. The van der Waals surface area contributed by atoms with E-state index in [2.05, 4.69) is 17.9 Å². The lowest BCUT2D eigenvalue weighted by Gasteiger charge is -2.20. The Kier molecular flexibility index (Phi) is 4.65. The summed E-state index contributed by atoms with van der Waals surface area (Å²) in [5.41, 5.74) is 0.443. The van der Waals surface area contributed by atoms with Crippen molar-refractivity contribution in [3.8, 4) is 11.5 Å². The van der Waals surface area contributed by atoms with Crippen molar-refractivity contribution in [1.29, 1.82) is 0 Å². The minimum Gasteiger partial charge on any atom is -0.508 e. The third kappa shape index (κ3) is 3.54. The Morgan fingerprint density at radius 2 is 2.12 bits per heavy atom. The fourth-order valence-corrected chi connectivity index (χ4v) is 1.74. The van der Waals surface area contributed by atoms with Gasteiger partial charge in [0.2, 0.25) is 0 Å². The molecule has 17 heavy (non-hydrogen) atoms. The van der Waals surface area contributed by atoms with Crippen LogP contribution < -0.4 is 5.32 Å². The van der Waals surface area contributed by atoms with E-state index in [1.165, 1.54) is 18.2 Å². The molecule has 0 saturated carbocycles. The minimum atomic E-state index is -1.01. The Balaban J connectivity index is 2.85. The number of nitrogens with one attached hydrogen (secondary N) is 1. The second-order valence-electron chi connectivity index (χ2n) is 3.70. The summed E-state index contributed by atoms with van der Waals surface area (Å²) in [6.07, 6.45) is 0. The first-order valence-corrected chi connectivity index (χ1v) is 5.70. The van der Waals surface area contributed by atoms with E-state index in [9.17, 15) is 15.0 Å². The molecule has 94 valence electrons. The summed E-state index contributed by atoms with van der Waals surface area (Å²) >= 11 is 3.93. The largest absolute Gasteiger partial charge is 0.508 e. The molecule has 5 nitrogen and oxygen atoms in total. The fraction of sp³-hybridized carbons (Fsp3) is 0.364. The van der Waals surface area contributed by atoms with Crippen LogP contribution in [0.3, 0.4) is 0 Å². The molecule has 2 atom stereocenters. The number of carboxylic acids is 1. The van der Waals surface area contributed by atoms with E-state index in [0.29, 0.717) is 5.56 Å². The van der Waals surface area contributed by atoms with Crippen molar-refractivity contribution in [2.45, 2.75) is 19.0 Å². The van der Waals surface area contributed by atoms with E-state index in [1.54, 1.807) is 6.92 Å². The van der Waals surface area contributed by atoms with Crippen LogP contribution in [0, 0.1) is 0 Å². The average molecular weight is 257 g/mol. The van der Waals surface area contributed by atoms with Gasteiger partial charge in [-0.1, -0.05) is 0 Å². The molecule has 6 heteroatoms. The number of benzene rings is 1. The standard InChI is InChI=1S/C11H15NO4S/c1-6(12-9(5-17)11(15)16)8-4-7(13)2-3-10(8)14/h2-4,6,9,12-14,17H,5H2,1H3,(H,15,16). The Labute approximate surface area is 105 Å². The van der Waals surface area contributed by atoms with Gasteiger partial charge >= 0.3 is 5.97 Å². The molecule has 0 radical (unpaired) electrons.